The Morgan fingerprint density at radius 3 is 2.52 bits per heavy atom. The molecule has 2 aromatic carbocycles. The summed E-state index contributed by atoms with van der Waals surface area (Å²) in [5.41, 5.74) is 6.64. The summed E-state index contributed by atoms with van der Waals surface area (Å²) in [7, 11) is 1.54. The number of carbonyl (C=O) groups excluding carboxylic acids is 1. The first-order chi connectivity index (χ1) is 9.91. The zero-order valence-corrected chi connectivity index (χ0v) is 12.7. The van der Waals surface area contributed by atoms with Gasteiger partial charge in [-0.25, -0.2) is 4.39 Å². The second kappa shape index (κ2) is 6.20. The third kappa shape index (κ3) is 3.20. The number of hydrogen-bond acceptors (Lipinski definition) is 2. The van der Waals surface area contributed by atoms with E-state index in [2.05, 4.69) is 0 Å². The summed E-state index contributed by atoms with van der Waals surface area (Å²) in [5.74, 6) is -1.18. The van der Waals surface area contributed by atoms with Crippen LogP contribution in [0.3, 0.4) is 0 Å². The minimum absolute atomic E-state index is 0.0698. The van der Waals surface area contributed by atoms with Crippen molar-refractivity contribution in [1.29, 1.82) is 0 Å². The topological polar surface area (TPSA) is 46.3 Å². The number of para-hydroxylation sites is 1. The summed E-state index contributed by atoms with van der Waals surface area (Å²) in [6.07, 6.45) is 0. The highest BCUT2D eigenvalue weighted by molar-refractivity contribution is 7.80. The van der Waals surface area contributed by atoms with Crippen molar-refractivity contribution in [2.45, 2.75) is 0 Å². The molecule has 21 heavy (non-hydrogen) atoms. The zero-order valence-electron chi connectivity index (χ0n) is 11.1. The molecule has 0 spiro atoms. The maximum Gasteiger partial charge on any atom is 0.261 e. The van der Waals surface area contributed by atoms with Gasteiger partial charge in [0.05, 0.1) is 11.3 Å². The fourth-order valence-electron chi connectivity index (χ4n) is 1.93. The Hall–Kier alpha value is -1.98. The number of anilines is 1. The number of benzene rings is 2. The van der Waals surface area contributed by atoms with Gasteiger partial charge in [0.25, 0.3) is 5.91 Å². The van der Waals surface area contributed by atoms with Gasteiger partial charge >= 0.3 is 0 Å². The zero-order chi connectivity index (χ0) is 15.6. The Labute approximate surface area is 132 Å². The maximum atomic E-state index is 13.9. The van der Waals surface area contributed by atoms with Crippen LogP contribution in [0, 0.1) is 5.82 Å². The van der Waals surface area contributed by atoms with Crippen molar-refractivity contribution in [1.82, 2.24) is 0 Å². The summed E-state index contributed by atoms with van der Waals surface area (Å²) >= 11 is 10.6. The SMILES string of the molecule is CN(C(=O)c1ccc(Cl)cc1F)c1ccccc1C(N)=S. The largest absolute Gasteiger partial charge is 0.389 e. The Balaban J connectivity index is 2.42. The molecule has 0 heterocycles. The van der Waals surface area contributed by atoms with E-state index in [1.165, 1.54) is 24.1 Å². The van der Waals surface area contributed by atoms with Gasteiger partial charge < -0.3 is 10.6 Å². The molecule has 0 bridgehead atoms. The summed E-state index contributed by atoms with van der Waals surface area (Å²) in [5, 5.41) is 0.232. The lowest BCUT2D eigenvalue weighted by Gasteiger charge is -2.20. The van der Waals surface area contributed by atoms with Crippen LogP contribution in [0.2, 0.25) is 5.02 Å². The summed E-state index contributed by atoms with van der Waals surface area (Å²) in [6.45, 7) is 0. The van der Waals surface area contributed by atoms with E-state index in [-0.39, 0.29) is 15.6 Å². The highest BCUT2D eigenvalue weighted by Gasteiger charge is 2.20. The maximum absolute atomic E-state index is 13.9. The van der Waals surface area contributed by atoms with Crippen LogP contribution in [0.5, 0.6) is 0 Å². The minimum atomic E-state index is -0.674. The number of carbonyl (C=O) groups is 1. The number of halogens is 2. The van der Waals surface area contributed by atoms with Gasteiger partial charge in [-0.15, -0.1) is 0 Å². The van der Waals surface area contributed by atoms with Crippen molar-refractivity contribution in [3.05, 3.63) is 64.4 Å². The van der Waals surface area contributed by atoms with Gasteiger partial charge in [0.1, 0.15) is 10.8 Å². The van der Waals surface area contributed by atoms with Crippen LogP contribution in [-0.4, -0.2) is 17.9 Å². The van der Waals surface area contributed by atoms with Gasteiger partial charge in [-0.3, -0.25) is 4.79 Å². The first kappa shape index (κ1) is 15.4. The Morgan fingerprint density at radius 1 is 1.24 bits per heavy atom. The summed E-state index contributed by atoms with van der Waals surface area (Å²) < 4.78 is 13.9. The molecule has 2 rings (SSSR count). The predicted octanol–water partition coefficient (Wildman–Crippen LogP) is 3.39. The average Bonchev–Trinajstić information content (AvgIpc) is 2.45. The van der Waals surface area contributed by atoms with E-state index in [0.29, 0.717) is 11.3 Å². The molecule has 0 saturated heterocycles. The van der Waals surface area contributed by atoms with Crippen molar-refractivity contribution >= 4 is 40.4 Å². The quantitative estimate of drug-likeness (QED) is 0.881. The Kier molecular flexibility index (Phi) is 4.55. The minimum Gasteiger partial charge on any atom is -0.389 e. The molecule has 0 fully saturated rings. The van der Waals surface area contributed by atoms with Crippen molar-refractivity contribution in [3.8, 4) is 0 Å². The van der Waals surface area contributed by atoms with Crippen molar-refractivity contribution in [3.63, 3.8) is 0 Å². The molecule has 0 aliphatic rings. The van der Waals surface area contributed by atoms with Gasteiger partial charge in [0.15, 0.2) is 0 Å². The lowest BCUT2D eigenvalue weighted by molar-refractivity contribution is 0.0989. The first-order valence-corrected chi connectivity index (χ1v) is 6.82. The van der Waals surface area contributed by atoms with E-state index in [1.54, 1.807) is 24.3 Å². The lowest BCUT2D eigenvalue weighted by Crippen LogP contribution is -2.29. The van der Waals surface area contributed by atoms with Crippen LogP contribution >= 0.6 is 23.8 Å². The molecular weight excluding hydrogens is 311 g/mol. The molecule has 0 aliphatic heterocycles. The molecular formula is C15H12ClFN2OS. The van der Waals surface area contributed by atoms with Crippen LogP contribution < -0.4 is 10.6 Å². The molecule has 0 radical (unpaired) electrons. The molecule has 2 N–H and O–H groups in total. The number of nitrogens with two attached hydrogens (primary N) is 1. The second-order valence-corrected chi connectivity index (χ2v) is 5.25. The van der Waals surface area contributed by atoms with E-state index >= 15 is 0 Å². The smallest absolute Gasteiger partial charge is 0.261 e. The molecule has 0 aliphatic carbocycles. The fourth-order valence-corrected chi connectivity index (χ4v) is 2.26. The standard InChI is InChI=1S/C15H12ClFN2OS/c1-19(13-5-3-2-4-11(13)14(18)21)15(20)10-7-6-9(16)8-12(10)17/h2-8H,1H3,(H2,18,21). The van der Waals surface area contributed by atoms with Crippen LogP contribution in [-0.2, 0) is 0 Å². The highest BCUT2D eigenvalue weighted by atomic mass is 35.5. The molecule has 0 unspecified atom stereocenters. The Bertz CT molecular complexity index is 721. The summed E-state index contributed by atoms with van der Waals surface area (Å²) in [6, 6.07) is 10.8. The van der Waals surface area contributed by atoms with Gasteiger partial charge in [0.2, 0.25) is 0 Å². The van der Waals surface area contributed by atoms with Crippen LogP contribution in [0.15, 0.2) is 42.5 Å². The van der Waals surface area contributed by atoms with Crippen LogP contribution in [0.1, 0.15) is 15.9 Å². The van der Waals surface area contributed by atoms with E-state index < -0.39 is 11.7 Å². The van der Waals surface area contributed by atoms with Crippen molar-refractivity contribution < 1.29 is 9.18 Å². The van der Waals surface area contributed by atoms with E-state index in [0.717, 1.165) is 6.07 Å². The van der Waals surface area contributed by atoms with Gasteiger partial charge in [0, 0.05) is 17.6 Å². The first-order valence-electron chi connectivity index (χ1n) is 6.03. The third-order valence-corrected chi connectivity index (χ3v) is 3.45. The molecule has 0 atom stereocenters. The molecule has 108 valence electrons. The second-order valence-electron chi connectivity index (χ2n) is 4.37. The Morgan fingerprint density at radius 2 is 1.90 bits per heavy atom. The number of thiocarbonyl (C=S) groups is 1. The number of hydrogen-bond donors (Lipinski definition) is 1. The fraction of sp³-hybridized carbons (Fsp3) is 0.0667. The predicted molar refractivity (Wildman–Crippen MR) is 86.5 cm³/mol. The molecule has 1 amide bonds. The molecule has 0 aromatic heterocycles. The van der Waals surface area contributed by atoms with E-state index in [4.69, 9.17) is 29.6 Å². The number of rotatable bonds is 3. The van der Waals surface area contributed by atoms with Crippen molar-refractivity contribution in [2.75, 3.05) is 11.9 Å². The van der Waals surface area contributed by atoms with Crippen molar-refractivity contribution in [2.24, 2.45) is 5.73 Å². The van der Waals surface area contributed by atoms with Crippen LogP contribution in [0.25, 0.3) is 0 Å². The number of amides is 1. The molecule has 2 aromatic rings. The average molecular weight is 323 g/mol. The number of nitrogens with zero attached hydrogens (tertiary/aromatic N) is 1. The monoisotopic (exact) mass is 322 g/mol. The molecule has 3 nitrogen and oxygen atoms in total. The van der Waals surface area contributed by atoms with E-state index in [1.807, 2.05) is 0 Å². The molecule has 6 heteroatoms. The molecule has 0 saturated carbocycles. The lowest BCUT2D eigenvalue weighted by atomic mass is 10.1. The highest BCUT2D eigenvalue weighted by Crippen LogP contribution is 2.23. The van der Waals surface area contributed by atoms with Gasteiger partial charge in [-0.2, -0.15) is 0 Å². The van der Waals surface area contributed by atoms with Gasteiger partial charge in [-0.1, -0.05) is 36.0 Å². The van der Waals surface area contributed by atoms with E-state index in [9.17, 15) is 9.18 Å². The van der Waals surface area contributed by atoms with Gasteiger partial charge in [-0.05, 0) is 30.3 Å². The third-order valence-electron chi connectivity index (χ3n) is 3.00. The summed E-state index contributed by atoms with van der Waals surface area (Å²) in [4.78, 5) is 13.9. The van der Waals surface area contributed by atoms with Crippen LogP contribution in [0.4, 0.5) is 10.1 Å². The normalized spacial score (nSPS) is 10.2.